The lowest BCUT2D eigenvalue weighted by molar-refractivity contribution is -0.142. The number of anilines is 1. The zero-order valence-electron chi connectivity index (χ0n) is 15.5. The molecule has 28 heavy (non-hydrogen) atoms. The van der Waals surface area contributed by atoms with Gasteiger partial charge in [-0.3, -0.25) is 14.5 Å². The summed E-state index contributed by atoms with van der Waals surface area (Å²) in [6, 6.07) is 26.1. The molecule has 1 amide bonds. The number of aliphatic carboxylic acids is 1. The molecule has 0 spiro atoms. The fourth-order valence-corrected chi connectivity index (χ4v) is 4.13. The molecule has 0 bridgehead atoms. The van der Waals surface area contributed by atoms with Crippen molar-refractivity contribution in [2.24, 2.45) is 5.92 Å². The molecule has 3 aromatic rings. The van der Waals surface area contributed by atoms with E-state index in [2.05, 4.69) is 0 Å². The first-order valence-corrected chi connectivity index (χ1v) is 9.35. The number of benzene rings is 3. The fourth-order valence-electron chi connectivity index (χ4n) is 4.13. The van der Waals surface area contributed by atoms with Gasteiger partial charge in [0.1, 0.15) is 0 Å². The Hall–Kier alpha value is -3.40. The Labute approximate surface area is 164 Å². The van der Waals surface area contributed by atoms with Gasteiger partial charge in [-0.05, 0) is 29.3 Å². The maximum Gasteiger partial charge on any atom is 0.306 e. The molecule has 1 N–H and O–H groups in total. The lowest BCUT2D eigenvalue weighted by atomic mass is 9.81. The Kier molecular flexibility index (Phi) is 4.70. The summed E-state index contributed by atoms with van der Waals surface area (Å²) < 4.78 is 0. The van der Waals surface area contributed by atoms with Gasteiger partial charge in [-0.25, -0.2) is 0 Å². The fraction of sp³-hybridized carbons (Fsp3) is 0.167. The predicted octanol–water partition coefficient (Wildman–Crippen LogP) is 4.89. The first-order valence-electron chi connectivity index (χ1n) is 9.35. The lowest BCUT2D eigenvalue weighted by Crippen LogP contribution is -2.35. The summed E-state index contributed by atoms with van der Waals surface area (Å²) in [4.78, 5) is 27.2. The highest BCUT2D eigenvalue weighted by molar-refractivity contribution is 6.08. The maximum atomic E-state index is 13.5. The minimum atomic E-state index is -0.866. The van der Waals surface area contributed by atoms with Crippen molar-refractivity contribution in [3.8, 4) is 0 Å². The zero-order chi connectivity index (χ0) is 19.7. The molecule has 0 aromatic heterocycles. The number of hydrogen-bond acceptors (Lipinski definition) is 2. The van der Waals surface area contributed by atoms with E-state index in [0.717, 1.165) is 16.8 Å². The van der Waals surface area contributed by atoms with Crippen molar-refractivity contribution in [3.63, 3.8) is 0 Å². The molecule has 0 fully saturated rings. The van der Waals surface area contributed by atoms with Crippen molar-refractivity contribution < 1.29 is 14.7 Å². The molecule has 1 aliphatic heterocycles. The van der Waals surface area contributed by atoms with Gasteiger partial charge in [0.15, 0.2) is 0 Å². The molecule has 0 saturated carbocycles. The number of nitrogens with zero attached hydrogens (tertiary/aromatic N) is 1. The second-order valence-corrected chi connectivity index (χ2v) is 7.11. The van der Waals surface area contributed by atoms with Crippen LogP contribution >= 0.6 is 0 Å². The highest BCUT2D eigenvalue weighted by atomic mass is 16.4. The summed E-state index contributed by atoms with van der Waals surface area (Å²) in [6.07, 6.45) is 0. The Bertz CT molecular complexity index is 1000. The van der Waals surface area contributed by atoms with Crippen molar-refractivity contribution in [2.45, 2.75) is 18.9 Å². The van der Waals surface area contributed by atoms with Gasteiger partial charge in [-0.1, -0.05) is 73.7 Å². The van der Waals surface area contributed by atoms with Crippen molar-refractivity contribution in [1.29, 1.82) is 0 Å². The monoisotopic (exact) mass is 371 g/mol. The van der Waals surface area contributed by atoms with E-state index in [9.17, 15) is 14.7 Å². The van der Waals surface area contributed by atoms with Crippen LogP contribution in [0, 0.1) is 5.92 Å². The molecule has 0 saturated heterocycles. The van der Waals surface area contributed by atoms with Crippen LogP contribution in [0.5, 0.6) is 0 Å². The van der Waals surface area contributed by atoms with Gasteiger partial charge in [0.05, 0.1) is 12.0 Å². The standard InChI is InChI=1S/C24H21NO3/c1-16(24(27)28)21-19-14-8-9-15-20(19)25(22(21)17-10-4-2-5-11-17)23(26)18-12-6-3-7-13-18/h2-16,21-22H,1H3,(H,27,28). The molecule has 3 aromatic carbocycles. The summed E-state index contributed by atoms with van der Waals surface area (Å²) in [7, 11) is 0. The largest absolute Gasteiger partial charge is 0.481 e. The van der Waals surface area contributed by atoms with Crippen LogP contribution in [-0.2, 0) is 4.79 Å². The SMILES string of the molecule is CC(C(=O)O)C1c2ccccc2N(C(=O)c2ccccc2)C1c1ccccc1. The highest BCUT2D eigenvalue weighted by Gasteiger charge is 2.46. The summed E-state index contributed by atoms with van der Waals surface area (Å²) in [5.74, 6) is -1.96. The van der Waals surface area contributed by atoms with E-state index in [0.29, 0.717) is 5.56 Å². The highest BCUT2D eigenvalue weighted by Crippen LogP contribution is 2.52. The van der Waals surface area contributed by atoms with Gasteiger partial charge in [-0.15, -0.1) is 0 Å². The number of carbonyl (C=O) groups is 2. The van der Waals surface area contributed by atoms with E-state index in [4.69, 9.17) is 0 Å². The van der Waals surface area contributed by atoms with E-state index in [-0.39, 0.29) is 17.9 Å². The number of amides is 1. The first-order chi connectivity index (χ1) is 13.6. The van der Waals surface area contributed by atoms with E-state index >= 15 is 0 Å². The first kappa shape index (κ1) is 18.0. The second kappa shape index (κ2) is 7.31. The molecule has 3 unspecified atom stereocenters. The Morgan fingerprint density at radius 1 is 0.857 bits per heavy atom. The number of para-hydroxylation sites is 1. The van der Waals surface area contributed by atoms with Crippen molar-refractivity contribution in [3.05, 3.63) is 102 Å². The molecule has 4 heteroatoms. The van der Waals surface area contributed by atoms with Crippen molar-refractivity contribution in [2.75, 3.05) is 4.90 Å². The molecular weight excluding hydrogens is 350 g/mol. The Balaban J connectivity index is 1.91. The van der Waals surface area contributed by atoms with Crippen LogP contribution in [0.3, 0.4) is 0 Å². The summed E-state index contributed by atoms with van der Waals surface area (Å²) in [5.41, 5.74) is 3.20. The number of fused-ring (bicyclic) bond motifs is 1. The molecule has 0 radical (unpaired) electrons. The van der Waals surface area contributed by atoms with Gasteiger partial charge in [-0.2, -0.15) is 0 Å². The average molecular weight is 371 g/mol. The second-order valence-electron chi connectivity index (χ2n) is 7.11. The summed E-state index contributed by atoms with van der Waals surface area (Å²) in [5, 5.41) is 9.77. The third kappa shape index (κ3) is 2.97. The molecule has 3 atom stereocenters. The smallest absolute Gasteiger partial charge is 0.306 e. The van der Waals surface area contributed by atoms with Crippen LogP contribution in [-0.4, -0.2) is 17.0 Å². The molecule has 0 aliphatic carbocycles. The topological polar surface area (TPSA) is 57.6 Å². The van der Waals surface area contributed by atoms with Crippen LogP contribution < -0.4 is 4.90 Å². The normalized spacial score (nSPS) is 19.1. The van der Waals surface area contributed by atoms with Gasteiger partial charge >= 0.3 is 5.97 Å². The minimum absolute atomic E-state index is 0.123. The van der Waals surface area contributed by atoms with Gasteiger partial charge in [0.2, 0.25) is 0 Å². The molecule has 4 rings (SSSR count). The quantitative estimate of drug-likeness (QED) is 0.710. The summed E-state index contributed by atoms with van der Waals surface area (Å²) in [6.45, 7) is 1.72. The van der Waals surface area contributed by atoms with Crippen molar-refractivity contribution >= 4 is 17.6 Å². The van der Waals surface area contributed by atoms with E-state index in [1.54, 1.807) is 24.0 Å². The Morgan fingerprint density at radius 2 is 1.43 bits per heavy atom. The maximum absolute atomic E-state index is 13.5. The van der Waals surface area contributed by atoms with Crippen LogP contribution in [0.1, 0.15) is 40.4 Å². The third-order valence-electron chi connectivity index (χ3n) is 5.48. The molecular formula is C24H21NO3. The molecule has 140 valence electrons. The number of carboxylic acids is 1. The lowest BCUT2D eigenvalue weighted by Gasteiger charge is -2.31. The molecule has 1 aliphatic rings. The van der Waals surface area contributed by atoms with Crippen molar-refractivity contribution in [1.82, 2.24) is 0 Å². The summed E-state index contributed by atoms with van der Waals surface area (Å²) >= 11 is 0. The van der Waals surface area contributed by atoms with Crippen LogP contribution in [0.25, 0.3) is 0 Å². The number of carbonyl (C=O) groups excluding carboxylic acids is 1. The van der Waals surface area contributed by atoms with Crippen LogP contribution in [0.4, 0.5) is 5.69 Å². The van der Waals surface area contributed by atoms with E-state index in [1.807, 2.05) is 72.8 Å². The third-order valence-corrected chi connectivity index (χ3v) is 5.48. The van der Waals surface area contributed by atoms with Gasteiger partial charge < -0.3 is 5.11 Å². The minimum Gasteiger partial charge on any atom is -0.481 e. The number of hydrogen-bond donors (Lipinski definition) is 1. The van der Waals surface area contributed by atoms with E-state index < -0.39 is 11.9 Å². The number of carboxylic acid groups (broad SMARTS) is 1. The van der Waals surface area contributed by atoms with Crippen LogP contribution in [0.2, 0.25) is 0 Å². The van der Waals surface area contributed by atoms with Gasteiger partial charge in [0, 0.05) is 17.2 Å². The average Bonchev–Trinajstić information content (AvgIpc) is 3.09. The molecule has 1 heterocycles. The van der Waals surface area contributed by atoms with Crippen LogP contribution in [0.15, 0.2) is 84.9 Å². The Morgan fingerprint density at radius 3 is 2.07 bits per heavy atom. The number of rotatable bonds is 4. The zero-order valence-corrected chi connectivity index (χ0v) is 15.5. The predicted molar refractivity (Wildman–Crippen MR) is 108 cm³/mol. The molecule has 4 nitrogen and oxygen atoms in total. The van der Waals surface area contributed by atoms with Gasteiger partial charge in [0.25, 0.3) is 5.91 Å². The van der Waals surface area contributed by atoms with E-state index in [1.165, 1.54) is 0 Å².